The highest BCUT2D eigenvalue weighted by Crippen LogP contribution is 2.25. The summed E-state index contributed by atoms with van der Waals surface area (Å²) in [5.41, 5.74) is 4.71. The topological polar surface area (TPSA) is 63.1 Å². The molecule has 158 valence electrons. The molecule has 1 aromatic heterocycles. The van der Waals surface area contributed by atoms with E-state index in [0.29, 0.717) is 5.56 Å². The van der Waals surface area contributed by atoms with E-state index in [1.54, 1.807) is 6.33 Å². The molecule has 0 fully saturated rings. The van der Waals surface area contributed by atoms with Crippen LogP contribution in [0.25, 0.3) is 16.8 Å². The van der Waals surface area contributed by atoms with Gasteiger partial charge in [0.05, 0.1) is 5.69 Å². The van der Waals surface area contributed by atoms with Gasteiger partial charge in [0.15, 0.2) is 0 Å². The van der Waals surface area contributed by atoms with Gasteiger partial charge >= 0.3 is 0 Å². The average Bonchev–Trinajstić information content (AvgIpc) is 3.16. The van der Waals surface area contributed by atoms with E-state index >= 15 is 0 Å². The molecule has 0 bridgehead atoms. The molecular weight excluding hydrogens is 374 g/mol. The van der Waals surface area contributed by atoms with Crippen molar-refractivity contribution < 1.29 is 4.79 Å². The van der Waals surface area contributed by atoms with Gasteiger partial charge in [-0.15, -0.1) is 0 Å². The van der Waals surface area contributed by atoms with Gasteiger partial charge in [-0.3, -0.25) is 4.79 Å². The first kappa shape index (κ1) is 21.7. The summed E-state index contributed by atoms with van der Waals surface area (Å²) in [5.74, 6) is 0.808. The number of carbonyl (C=O) groups excluding carboxylic acids is 1. The van der Waals surface area contributed by atoms with E-state index in [0.717, 1.165) is 42.0 Å². The highest BCUT2D eigenvalue weighted by atomic mass is 16.1. The van der Waals surface area contributed by atoms with Crippen molar-refractivity contribution in [2.45, 2.75) is 39.7 Å². The van der Waals surface area contributed by atoms with Crippen LogP contribution < -0.4 is 5.32 Å². The molecule has 30 heavy (non-hydrogen) atoms. The third kappa shape index (κ3) is 5.33. The zero-order valence-corrected chi connectivity index (χ0v) is 18.5. The second-order valence-corrected chi connectivity index (χ2v) is 8.11. The summed E-state index contributed by atoms with van der Waals surface area (Å²) in [5, 5.41) is 7.52. The van der Waals surface area contributed by atoms with Crippen LogP contribution in [0.3, 0.4) is 0 Å². The smallest absolute Gasteiger partial charge is 0.251 e. The Hall–Kier alpha value is -2.99. The Morgan fingerprint density at radius 2 is 1.87 bits per heavy atom. The monoisotopic (exact) mass is 405 g/mol. The number of hydrogen-bond acceptors (Lipinski definition) is 4. The number of aromatic nitrogens is 3. The van der Waals surface area contributed by atoms with Crippen LogP contribution in [0.2, 0.25) is 0 Å². The zero-order chi connectivity index (χ0) is 21.7. The van der Waals surface area contributed by atoms with Gasteiger partial charge in [-0.1, -0.05) is 36.8 Å². The van der Waals surface area contributed by atoms with Gasteiger partial charge in [0.2, 0.25) is 0 Å². The van der Waals surface area contributed by atoms with Gasteiger partial charge < -0.3 is 10.2 Å². The van der Waals surface area contributed by atoms with Gasteiger partial charge in [0.1, 0.15) is 12.2 Å². The van der Waals surface area contributed by atoms with Crippen molar-refractivity contribution in [3.63, 3.8) is 0 Å². The van der Waals surface area contributed by atoms with Crippen LogP contribution in [0.4, 0.5) is 0 Å². The molecule has 6 nitrogen and oxygen atoms in total. The van der Waals surface area contributed by atoms with E-state index in [4.69, 9.17) is 0 Å². The fourth-order valence-electron chi connectivity index (χ4n) is 3.55. The molecule has 1 unspecified atom stereocenters. The van der Waals surface area contributed by atoms with E-state index in [9.17, 15) is 4.79 Å². The molecule has 1 N–H and O–H groups in total. The molecule has 0 radical (unpaired) electrons. The molecule has 2 aromatic carbocycles. The van der Waals surface area contributed by atoms with Crippen LogP contribution in [-0.4, -0.2) is 52.3 Å². The summed E-state index contributed by atoms with van der Waals surface area (Å²) in [4.78, 5) is 19.5. The first-order chi connectivity index (χ1) is 14.4. The summed E-state index contributed by atoms with van der Waals surface area (Å²) >= 11 is 0. The summed E-state index contributed by atoms with van der Waals surface area (Å²) in [6.45, 7) is 6.98. The molecule has 0 aliphatic carbocycles. The third-order valence-electron chi connectivity index (χ3n) is 4.92. The number of likely N-dealkylation sites (N-methyl/N-ethyl adjacent to an activating group) is 1. The van der Waals surface area contributed by atoms with Crippen LogP contribution >= 0.6 is 0 Å². The van der Waals surface area contributed by atoms with Crippen molar-refractivity contribution in [1.82, 2.24) is 25.0 Å². The molecule has 3 aromatic rings. The summed E-state index contributed by atoms with van der Waals surface area (Å²) in [6, 6.07) is 14.3. The number of nitrogens with one attached hydrogen (secondary N) is 1. The van der Waals surface area contributed by atoms with E-state index < -0.39 is 0 Å². The Bertz CT molecular complexity index is 991. The van der Waals surface area contributed by atoms with E-state index in [1.165, 1.54) is 5.56 Å². The summed E-state index contributed by atoms with van der Waals surface area (Å²) in [6.07, 6.45) is 3.38. The van der Waals surface area contributed by atoms with Crippen LogP contribution in [0.1, 0.15) is 42.0 Å². The minimum Gasteiger partial charge on any atom is -0.348 e. The average molecular weight is 406 g/mol. The van der Waals surface area contributed by atoms with Gasteiger partial charge in [0, 0.05) is 24.6 Å². The molecule has 0 saturated carbocycles. The van der Waals surface area contributed by atoms with Gasteiger partial charge in [-0.25, -0.2) is 9.67 Å². The number of benzene rings is 2. The molecule has 6 heteroatoms. The number of hydrogen-bond donors (Lipinski definition) is 1. The Morgan fingerprint density at radius 1 is 1.13 bits per heavy atom. The van der Waals surface area contributed by atoms with E-state index in [2.05, 4.69) is 64.5 Å². The minimum absolute atomic E-state index is 0.0426. The molecule has 0 saturated heterocycles. The fourth-order valence-corrected chi connectivity index (χ4v) is 3.55. The Labute approximate surface area is 178 Å². The lowest BCUT2D eigenvalue weighted by Gasteiger charge is -2.19. The van der Waals surface area contributed by atoms with Crippen molar-refractivity contribution in [2.75, 3.05) is 20.6 Å². The maximum atomic E-state index is 13.0. The first-order valence-corrected chi connectivity index (χ1v) is 10.4. The highest BCUT2D eigenvalue weighted by molar-refractivity contribution is 5.96. The Morgan fingerprint density at radius 3 is 2.53 bits per heavy atom. The second-order valence-electron chi connectivity index (χ2n) is 8.11. The first-order valence-electron chi connectivity index (χ1n) is 10.4. The maximum Gasteiger partial charge on any atom is 0.251 e. The highest BCUT2D eigenvalue weighted by Gasteiger charge is 2.15. The second kappa shape index (κ2) is 9.67. The SMILES string of the molecule is CCCc1ncnn1-c1cc(C(=O)NC(C)CN(C)C)cc(-c2ccc(C)cc2)c1. The van der Waals surface area contributed by atoms with Crippen molar-refractivity contribution in [3.8, 4) is 16.8 Å². The van der Waals surface area contributed by atoms with Gasteiger partial charge in [-0.05, 0) is 63.7 Å². The number of rotatable bonds is 8. The molecule has 1 amide bonds. The number of nitrogens with zero attached hydrogens (tertiary/aromatic N) is 4. The number of aryl methyl sites for hydroxylation is 2. The van der Waals surface area contributed by atoms with Crippen molar-refractivity contribution >= 4 is 5.91 Å². The summed E-state index contributed by atoms with van der Waals surface area (Å²) < 4.78 is 1.83. The van der Waals surface area contributed by atoms with E-state index in [-0.39, 0.29) is 11.9 Å². The van der Waals surface area contributed by atoms with Crippen molar-refractivity contribution in [2.24, 2.45) is 0 Å². The Balaban J connectivity index is 2.03. The van der Waals surface area contributed by atoms with Crippen LogP contribution in [0.5, 0.6) is 0 Å². The number of carbonyl (C=O) groups is 1. The molecule has 1 atom stereocenters. The quantitative estimate of drug-likeness (QED) is 0.618. The summed E-state index contributed by atoms with van der Waals surface area (Å²) in [7, 11) is 4.00. The molecule has 3 rings (SSSR count). The largest absolute Gasteiger partial charge is 0.348 e. The van der Waals surface area contributed by atoms with E-state index in [1.807, 2.05) is 37.8 Å². The van der Waals surface area contributed by atoms with Crippen LogP contribution in [0.15, 0.2) is 48.8 Å². The maximum absolute atomic E-state index is 13.0. The molecular formula is C24H31N5O. The van der Waals surface area contributed by atoms with Crippen molar-refractivity contribution in [1.29, 1.82) is 0 Å². The predicted octanol–water partition coefficient (Wildman–Crippen LogP) is 3.88. The lowest BCUT2D eigenvalue weighted by molar-refractivity contribution is 0.0934. The molecule has 1 heterocycles. The van der Waals surface area contributed by atoms with Gasteiger partial charge in [0.25, 0.3) is 5.91 Å². The molecule has 0 aliphatic rings. The van der Waals surface area contributed by atoms with Crippen LogP contribution in [0, 0.1) is 6.92 Å². The zero-order valence-electron chi connectivity index (χ0n) is 18.5. The lowest BCUT2D eigenvalue weighted by atomic mass is 10.0. The normalized spacial score (nSPS) is 12.2. The van der Waals surface area contributed by atoms with Gasteiger partial charge in [-0.2, -0.15) is 5.10 Å². The van der Waals surface area contributed by atoms with Crippen molar-refractivity contribution in [3.05, 3.63) is 65.7 Å². The third-order valence-corrected chi connectivity index (χ3v) is 4.92. The Kier molecular flexibility index (Phi) is 7.00. The standard InChI is InChI=1S/C24H31N5O/c1-6-7-23-25-16-26-29(23)22-13-20(19-10-8-17(2)9-11-19)12-21(14-22)24(30)27-18(3)15-28(4)5/h8-14,16,18H,6-7,15H2,1-5H3,(H,27,30). The molecule has 0 aliphatic heterocycles. The molecule has 0 spiro atoms. The number of amides is 1. The minimum atomic E-state index is -0.0864. The lowest BCUT2D eigenvalue weighted by Crippen LogP contribution is -2.39. The van der Waals surface area contributed by atoms with Crippen LogP contribution in [-0.2, 0) is 6.42 Å². The fraction of sp³-hybridized carbons (Fsp3) is 0.375. The predicted molar refractivity (Wildman–Crippen MR) is 121 cm³/mol.